The van der Waals surface area contributed by atoms with E-state index in [4.69, 9.17) is 0 Å². The predicted octanol–water partition coefficient (Wildman–Crippen LogP) is 3.69. The molecule has 0 aliphatic rings. The van der Waals surface area contributed by atoms with Gasteiger partial charge in [-0.05, 0) is 25.0 Å². The van der Waals surface area contributed by atoms with Crippen LogP contribution in [0.1, 0.15) is 35.3 Å². The van der Waals surface area contributed by atoms with Gasteiger partial charge in [0.15, 0.2) is 5.78 Å². The van der Waals surface area contributed by atoms with Gasteiger partial charge in [0.05, 0.1) is 5.56 Å². The number of anilines is 1. The third-order valence-electron chi connectivity index (χ3n) is 3.04. The van der Waals surface area contributed by atoms with Crippen LogP contribution >= 0.6 is 0 Å². The summed E-state index contributed by atoms with van der Waals surface area (Å²) in [6.07, 6.45) is 1.70. The summed E-state index contributed by atoms with van der Waals surface area (Å²) in [5.41, 5.74) is 2.46. The third kappa shape index (κ3) is 3.44. The van der Waals surface area contributed by atoms with E-state index in [0.29, 0.717) is 22.9 Å². The van der Waals surface area contributed by atoms with E-state index in [2.05, 4.69) is 24.1 Å². The number of aryl methyl sites for hydroxylation is 1. The van der Waals surface area contributed by atoms with Gasteiger partial charge in [-0.2, -0.15) is 0 Å². The Morgan fingerprint density at radius 2 is 1.90 bits per heavy atom. The molecule has 2 rings (SSSR count). The van der Waals surface area contributed by atoms with E-state index in [-0.39, 0.29) is 5.78 Å². The summed E-state index contributed by atoms with van der Waals surface area (Å²) in [6.45, 7) is 7.05. The zero-order chi connectivity index (χ0) is 14.5. The van der Waals surface area contributed by atoms with Gasteiger partial charge in [-0.15, -0.1) is 0 Å². The highest BCUT2D eigenvalue weighted by molar-refractivity contribution is 6.11. The number of carbonyl (C=O) groups is 1. The molecule has 3 heteroatoms. The number of hydrogen-bond donors (Lipinski definition) is 1. The van der Waals surface area contributed by atoms with Crippen molar-refractivity contribution in [2.24, 2.45) is 5.92 Å². The van der Waals surface area contributed by atoms with Crippen LogP contribution in [0.15, 0.2) is 42.6 Å². The standard InChI is InChI=1S/C17H20N2O/c1-12(2)11-19-17-15(5-4-10-18-17)16(20)14-8-6-13(3)7-9-14/h4-10,12H,11H2,1-3H3,(H,18,19). The number of benzene rings is 1. The highest BCUT2D eigenvalue weighted by Crippen LogP contribution is 2.17. The van der Waals surface area contributed by atoms with Crippen LogP contribution in [0.4, 0.5) is 5.82 Å². The third-order valence-corrected chi connectivity index (χ3v) is 3.04. The number of carbonyl (C=O) groups excluding carboxylic acids is 1. The van der Waals surface area contributed by atoms with Crippen LogP contribution in [-0.4, -0.2) is 17.3 Å². The van der Waals surface area contributed by atoms with E-state index in [0.717, 1.165) is 12.1 Å². The zero-order valence-corrected chi connectivity index (χ0v) is 12.2. The first kappa shape index (κ1) is 14.3. The maximum Gasteiger partial charge on any atom is 0.196 e. The number of rotatable bonds is 5. The molecule has 3 nitrogen and oxygen atoms in total. The summed E-state index contributed by atoms with van der Waals surface area (Å²) in [5.74, 6) is 1.16. The zero-order valence-electron chi connectivity index (χ0n) is 12.2. The predicted molar refractivity (Wildman–Crippen MR) is 82.2 cm³/mol. The van der Waals surface area contributed by atoms with E-state index in [1.165, 1.54) is 0 Å². The molecule has 1 aromatic carbocycles. The van der Waals surface area contributed by atoms with Gasteiger partial charge < -0.3 is 5.32 Å². The number of nitrogens with zero attached hydrogens (tertiary/aromatic N) is 1. The van der Waals surface area contributed by atoms with E-state index in [1.54, 1.807) is 12.3 Å². The van der Waals surface area contributed by atoms with E-state index in [9.17, 15) is 4.79 Å². The maximum atomic E-state index is 12.5. The number of aromatic nitrogens is 1. The molecule has 0 spiro atoms. The highest BCUT2D eigenvalue weighted by atomic mass is 16.1. The average Bonchev–Trinajstić information content (AvgIpc) is 2.45. The van der Waals surface area contributed by atoms with Gasteiger partial charge in [-0.3, -0.25) is 4.79 Å². The second-order valence-electron chi connectivity index (χ2n) is 5.37. The minimum Gasteiger partial charge on any atom is -0.369 e. The summed E-state index contributed by atoms with van der Waals surface area (Å²) in [6, 6.07) is 11.2. The van der Waals surface area contributed by atoms with Crippen molar-refractivity contribution in [1.29, 1.82) is 0 Å². The lowest BCUT2D eigenvalue weighted by Gasteiger charge is -2.12. The van der Waals surface area contributed by atoms with Crippen molar-refractivity contribution >= 4 is 11.6 Å². The molecule has 0 saturated carbocycles. The highest BCUT2D eigenvalue weighted by Gasteiger charge is 2.14. The molecule has 0 aliphatic heterocycles. The van der Waals surface area contributed by atoms with Crippen LogP contribution in [0.2, 0.25) is 0 Å². The summed E-state index contributed by atoms with van der Waals surface area (Å²) < 4.78 is 0. The van der Waals surface area contributed by atoms with Gasteiger partial charge in [-0.25, -0.2) is 4.98 Å². The summed E-state index contributed by atoms with van der Waals surface area (Å²) >= 11 is 0. The van der Waals surface area contributed by atoms with Gasteiger partial charge >= 0.3 is 0 Å². The smallest absolute Gasteiger partial charge is 0.196 e. The second-order valence-corrected chi connectivity index (χ2v) is 5.37. The molecule has 1 aromatic heterocycles. The topological polar surface area (TPSA) is 42.0 Å². The first-order valence-corrected chi connectivity index (χ1v) is 6.88. The van der Waals surface area contributed by atoms with Crippen molar-refractivity contribution in [2.45, 2.75) is 20.8 Å². The second kappa shape index (κ2) is 6.33. The first-order valence-electron chi connectivity index (χ1n) is 6.88. The Balaban J connectivity index is 2.27. The van der Waals surface area contributed by atoms with Gasteiger partial charge in [0, 0.05) is 18.3 Å². The number of nitrogens with one attached hydrogen (secondary N) is 1. The molecule has 1 N–H and O–H groups in total. The Bertz CT molecular complexity index is 588. The van der Waals surface area contributed by atoms with E-state index in [1.807, 2.05) is 37.3 Å². The first-order chi connectivity index (χ1) is 9.58. The van der Waals surface area contributed by atoms with E-state index < -0.39 is 0 Å². The largest absolute Gasteiger partial charge is 0.369 e. The molecule has 2 aromatic rings. The molecular formula is C17H20N2O. The van der Waals surface area contributed by atoms with E-state index >= 15 is 0 Å². The number of hydrogen-bond acceptors (Lipinski definition) is 3. The SMILES string of the molecule is Cc1ccc(C(=O)c2cccnc2NCC(C)C)cc1. The van der Waals surface area contributed by atoms with Crippen molar-refractivity contribution in [3.05, 3.63) is 59.3 Å². The molecule has 104 valence electrons. The molecule has 0 unspecified atom stereocenters. The minimum absolute atomic E-state index is 0.00403. The lowest BCUT2D eigenvalue weighted by Crippen LogP contribution is -2.13. The van der Waals surface area contributed by atoms with Gasteiger partial charge in [0.1, 0.15) is 5.82 Å². The number of pyridine rings is 1. The lowest BCUT2D eigenvalue weighted by atomic mass is 10.0. The van der Waals surface area contributed by atoms with Gasteiger partial charge in [0.25, 0.3) is 0 Å². The van der Waals surface area contributed by atoms with Crippen molar-refractivity contribution in [2.75, 3.05) is 11.9 Å². The Hall–Kier alpha value is -2.16. The van der Waals surface area contributed by atoms with Gasteiger partial charge in [-0.1, -0.05) is 43.7 Å². The Labute approximate surface area is 120 Å². The van der Waals surface area contributed by atoms with Crippen LogP contribution in [0.25, 0.3) is 0 Å². The summed E-state index contributed by atoms with van der Waals surface area (Å²) in [5, 5.41) is 3.24. The molecule has 0 saturated heterocycles. The average molecular weight is 268 g/mol. The quantitative estimate of drug-likeness (QED) is 0.841. The van der Waals surface area contributed by atoms with Crippen molar-refractivity contribution in [3.8, 4) is 0 Å². The van der Waals surface area contributed by atoms with Crippen molar-refractivity contribution in [1.82, 2.24) is 4.98 Å². The Kier molecular flexibility index (Phi) is 4.51. The molecular weight excluding hydrogens is 248 g/mol. The van der Waals surface area contributed by atoms with Gasteiger partial charge in [0.2, 0.25) is 0 Å². The normalized spacial score (nSPS) is 10.6. The van der Waals surface area contributed by atoms with Crippen LogP contribution in [0.5, 0.6) is 0 Å². The fourth-order valence-corrected chi connectivity index (χ4v) is 1.89. The van der Waals surface area contributed by atoms with Crippen molar-refractivity contribution in [3.63, 3.8) is 0 Å². The Morgan fingerprint density at radius 3 is 2.55 bits per heavy atom. The molecule has 0 aliphatic carbocycles. The van der Waals surface area contributed by atoms with Crippen LogP contribution in [-0.2, 0) is 0 Å². The maximum absolute atomic E-state index is 12.5. The lowest BCUT2D eigenvalue weighted by molar-refractivity contribution is 0.103. The summed E-state index contributed by atoms with van der Waals surface area (Å²) in [7, 11) is 0. The monoisotopic (exact) mass is 268 g/mol. The molecule has 0 atom stereocenters. The fraction of sp³-hybridized carbons (Fsp3) is 0.294. The molecule has 20 heavy (non-hydrogen) atoms. The van der Waals surface area contributed by atoms with Crippen molar-refractivity contribution < 1.29 is 4.79 Å². The molecule has 1 heterocycles. The molecule has 0 amide bonds. The molecule has 0 bridgehead atoms. The minimum atomic E-state index is 0.00403. The fourth-order valence-electron chi connectivity index (χ4n) is 1.89. The molecule has 0 fully saturated rings. The molecule has 0 radical (unpaired) electrons. The summed E-state index contributed by atoms with van der Waals surface area (Å²) in [4.78, 5) is 16.8. The van der Waals surface area contributed by atoms with Crippen LogP contribution in [0, 0.1) is 12.8 Å². The van der Waals surface area contributed by atoms with Crippen LogP contribution in [0.3, 0.4) is 0 Å². The van der Waals surface area contributed by atoms with Crippen LogP contribution < -0.4 is 5.32 Å². The number of ketones is 1. The Morgan fingerprint density at radius 1 is 1.20 bits per heavy atom.